The molecule has 1 aliphatic heterocycles. The maximum absolute atomic E-state index is 14.4. The van der Waals surface area contributed by atoms with E-state index in [-0.39, 0.29) is 25.0 Å². The molecule has 3 fully saturated rings. The highest BCUT2D eigenvalue weighted by Gasteiger charge is 2.74. The lowest BCUT2D eigenvalue weighted by Crippen LogP contribution is -2.78. The highest BCUT2D eigenvalue weighted by molar-refractivity contribution is 5.94. The van der Waals surface area contributed by atoms with Crippen molar-refractivity contribution in [1.82, 2.24) is 5.32 Å². The molecule has 48 heavy (non-hydrogen) atoms. The van der Waals surface area contributed by atoms with E-state index in [0.29, 0.717) is 16.7 Å². The van der Waals surface area contributed by atoms with Crippen LogP contribution in [0.4, 0.5) is 0 Å². The van der Waals surface area contributed by atoms with Crippen LogP contribution in [0.2, 0.25) is 0 Å². The smallest absolute Gasteiger partial charge is 0.251 e. The van der Waals surface area contributed by atoms with Crippen molar-refractivity contribution in [2.45, 2.75) is 95.2 Å². The van der Waals surface area contributed by atoms with E-state index in [4.69, 9.17) is 9.62 Å². The molecule has 3 aliphatic carbocycles. The molecule has 11 nitrogen and oxygen atoms in total. The topological polar surface area (TPSA) is 186 Å². The van der Waals surface area contributed by atoms with Crippen molar-refractivity contribution >= 4 is 11.7 Å². The van der Waals surface area contributed by atoms with Crippen LogP contribution in [-0.2, 0) is 14.4 Å². The maximum atomic E-state index is 14.4. The molecule has 2 aromatic carbocycles. The first-order chi connectivity index (χ1) is 22.6. The van der Waals surface area contributed by atoms with Crippen molar-refractivity contribution in [3.8, 4) is 0 Å². The Balaban J connectivity index is 1.46. The van der Waals surface area contributed by atoms with Gasteiger partial charge in [0, 0.05) is 29.2 Å². The minimum atomic E-state index is -1.79. The van der Waals surface area contributed by atoms with Gasteiger partial charge in [0.2, 0.25) is 0 Å². The predicted molar refractivity (Wildman–Crippen MR) is 173 cm³/mol. The fourth-order valence-corrected chi connectivity index (χ4v) is 9.83. The Morgan fingerprint density at radius 3 is 2.19 bits per heavy atom. The Hall–Kier alpha value is -3.00. The highest BCUT2D eigenvalue weighted by atomic mass is 17.1. The molecule has 0 spiro atoms. The van der Waals surface area contributed by atoms with Gasteiger partial charge in [-0.3, -0.25) is 14.8 Å². The SMILES string of the molecule is CC1=C2C(O)C(=O)[C@]3(C)C(O)CC4OCC4(O)C3C(C)C(O)(CC1C(OO)C(O)C(NC(=O)c1ccccc1)c1ccccc1)C2(C)C. The quantitative estimate of drug-likeness (QED) is 0.132. The van der Waals surface area contributed by atoms with E-state index in [0.717, 1.165) is 0 Å². The summed E-state index contributed by atoms with van der Waals surface area (Å²) in [6.45, 7) is 8.31. The summed E-state index contributed by atoms with van der Waals surface area (Å²) in [5.74, 6) is -4.00. The summed E-state index contributed by atoms with van der Waals surface area (Å²) in [7, 11) is 0. The molecular weight excluding hydrogens is 618 g/mol. The first-order valence-corrected chi connectivity index (χ1v) is 16.6. The minimum absolute atomic E-state index is 0.000644. The molecule has 11 heteroatoms. The van der Waals surface area contributed by atoms with E-state index in [1.165, 1.54) is 0 Å². The molecule has 2 aromatic rings. The number of nitrogens with one attached hydrogen (secondary N) is 1. The van der Waals surface area contributed by atoms with Gasteiger partial charge < -0.3 is 35.6 Å². The number of hydrogen-bond acceptors (Lipinski definition) is 10. The number of rotatable bonds is 7. The number of carbonyl (C=O) groups is 2. The molecule has 4 aliphatic rings. The molecule has 260 valence electrons. The Morgan fingerprint density at radius 2 is 1.62 bits per heavy atom. The van der Waals surface area contributed by atoms with Crippen LogP contribution in [0, 0.1) is 28.6 Å². The van der Waals surface area contributed by atoms with Crippen molar-refractivity contribution in [2.24, 2.45) is 28.6 Å². The van der Waals surface area contributed by atoms with Crippen LogP contribution in [0.25, 0.3) is 0 Å². The van der Waals surface area contributed by atoms with Gasteiger partial charge in [0.1, 0.15) is 23.9 Å². The molecular formula is C37H47NO10. The molecule has 2 bridgehead atoms. The van der Waals surface area contributed by atoms with E-state index in [1.807, 2.05) is 0 Å². The van der Waals surface area contributed by atoms with Crippen LogP contribution in [0.5, 0.6) is 0 Å². The average Bonchev–Trinajstić information content (AvgIpc) is 3.07. The lowest BCUT2D eigenvalue weighted by molar-refractivity contribution is -0.339. The zero-order valence-electron chi connectivity index (χ0n) is 27.9. The lowest BCUT2D eigenvalue weighted by atomic mass is 9.42. The van der Waals surface area contributed by atoms with Gasteiger partial charge in [0.05, 0.1) is 35.9 Å². The highest BCUT2D eigenvalue weighted by Crippen LogP contribution is 2.65. The van der Waals surface area contributed by atoms with Crippen LogP contribution in [0.1, 0.15) is 69.4 Å². The predicted octanol–water partition coefficient (Wildman–Crippen LogP) is 2.57. The maximum Gasteiger partial charge on any atom is 0.251 e. The minimum Gasteiger partial charge on any atom is -0.392 e. The molecule has 6 rings (SSSR count). The molecule has 1 amide bonds. The van der Waals surface area contributed by atoms with Gasteiger partial charge in [-0.2, -0.15) is 0 Å². The number of carbonyl (C=O) groups excluding carboxylic acids is 2. The fraction of sp³-hybridized carbons (Fsp3) is 0.568. The number of aliphatic hydroxyl groups is 5. The van der Waals surface area contributed by atoms with Gasteiger partial charge >= 0.3 is 0 Å². The third-order valence-corrected chi connectivity index (χ3v) is 12.6. The fourth-order valence-electron chi connectivity index (χ4n) is 9.83. The van der Waals surface area contributed by atoms with E-state index in [9.17, 15) is 40.4 Å². The molecule has 0 radical (unpaired) electrons. The number of hydrogen-bond donors (Lipinski definition) is 7. The Kier molecular flexibility index (Phi) is 8.78. The van der Waals surface area contributed by atoms with E-state index < -0.39 is 88.0 Å². The standard InChI is InChI=1S/C37H47NO10/c1-19-23(30(48-46)29(41)27(21-12-8-6-9-13-21)38-33(43)22-14-10-7-11-15-22)17-37(45)20(2)31-35(5,24(39)16-25-36(31,44)18-47-25)32(42)28(40)26(19)34(37,3)4/h6-15,20,23-25,27-31,39-41,44-46H,16-18H2,1-5H3,(H,38,43)/t20?,23?,24?,25?,27?,28?,29?,30?,31?,35-,36?,37?/m1/s1. The first kappa shape index (κ1) is 34.8. The number of Topliss-reactive ketones (excluding diaryl/α,β-unsaturated/α-hetero) is 1. The zero-order chi connectivity index (χ0) is 35.0. The number of fused-ring (bicyclic) bond motifs is 5. The third kappa shape index (κ3) is 4.85. The number of amides is 1. The first-order valence-electron chi connectivity index (χ1n) is 16.6. The summed E-state index contributed by atoms with van der Waals surface area (Å²) in [5, 5.41) is 73.7. The summed E-state index contributed by atoms with van der Waals surface area (Å²) in [6, 6.07) is 16.1. The second-order valence-electron chi connectivity index (χ2n) is 15.1. The van der Waals surface area contributed by atoms with Crippen LogP contribution >= 0.6 is 0 Å². The second-order valence-corrected chi connectivity index (χ2v) is 15.1. The summed E-state index contributed by atoms with van der Waals surface area (Å²) in [6.07, 6.45) is -6.95. The second kappa shape index (κ2) is 12.1. The number of benzene rings is 2. The summed E-state index contributed by atoms with van der Waals surface area (Å²) in [5.41, 5.74) is -4.68. The van der Waals surface area contributed by atoms with Crippen molar-refractivity contribution in [2.75, 3.05) is 6.61 Å². The third-order valence-electron chi connectivity index (χ3n) is 12.6. The number of ketones is 1. The van der Waals surface area contributed by atoms with Gasteiger partial charge in [0.15, 0.2) is 5.78 Å². The molecule has 2 saturated carbocycles. The van der Waals surface area contributed by atoms with Crippen LogP contribution in [0.15, 0.2) is 71.8 Å². The van der Waals surface area contributed by atoms with Gasteiger partial charge in [-0.25, -0.2) is 4.89 Å². The summed E-state index contributed by atoms with van der Waals surface area (Å²) in [4.78, 5) is 32.9. The molecule has 1 heterocycles. The van der Waals surface area contributed by atoms with E-state index in [2.05, 4.69) is 5.32 Å². The zero-order valence-corrected chi connectivity index (χ0v) is 27.9. The molecule has 1 saturated heterocycles. The van der Waals surface area contributed by atoms with E-state index >= 15 is 0 Å². The normalized spacial score (nSPS) is 39.1. The van der Waals surface area contributed by atoms with Gasteiger partial charge in [-0.05, 0) is 49.5 Å². The van der Waals surface area contributed by atoms with Crippen molar-refractivity contribution in [3.05, 3.63) is 82.9 Å². The Morgan fingerprint density at radius 1 is 1.02 bits per heavy atom. The number of ether oxygens (including phenoxy) is 1. The Bertz CT molecular complexity index is 1580. The summed E-state index contributed by atoms with van der Waals surface area (Å²) < 4.78 is 5.64. The van der Waals surface area contributed by atoms with E-state index in [1.54, 1.807) is 95.3 Å². The van der Waals surface area contributed by atoms with Crippen molar-refractivity contribution < 1.29 is 50.0 Å². The number of aliphatic hydroxyl groups excluding tert-OH is 3. The van der Waals surface area contributed by atoms with Crippen molar-refractivity contribution in [1.29, 1.82) is 0 Å². The van der Waals surface area contributed by atoms with Gasteiger partial charge in [0.25, 0.3) is 5.91 Å². The average molecular weight is 666 g/mol. The summed E-state index contributed by atoms with van der Waals surface area (Å²) >= 11 is 0. The van der Waals surface area contributed by atoms with Crippen LogP contribution in [0.3, 0.4) is 0 Å². The molecule has 7 N–H and O–H groups in total. The molecule has 11 unspecified atom stereocenters. The van der Waals surface area contributed by atoms with Crippen LogP contribution < -0.4 is 5.32 Å². The monoisotopic (exact) mass is 665 g/mol. The van der Waals surface area contributed by atoms with Crippen molar-refractivity contribution in [3.63, 3.8) is 0 Å². The lowest BCUT2D eigenvalue weighted by Gasteiger charge is -2.67. The molecule has 12 atom stereocenters. The largest absolute Gasteiger partial charge is 0.392 e. The van der Waals surface area contributed by atoms with Gasteiger partial charge in [-0.15, -0.1) is 0 Å². The van der Waals surface area contributed by atoms with Gasteiger partial charge in [-0.1, -0.05) is 74.9 Å². The van der Waals surface area contributed by atoms with Crippen LogP contribution in [-0.4, -0.2) is 90.8 Å². The Labute approximate surface area is 280 Å². The molecule has 0 aromatic heterocycles.